The molecule has 1 aromatic carbocycles. The topological polar surface area (TPSA) is 85.8 Å². The quantitative estimate of drug-likeness (QED) is 0.666. The van der Waals surface area contributed by atoms with Crippen molar-refractivity contribution in [2.45, 2.75) is 31.2 Å². The summed E-state index contributed by atoms with van der Waals surface area (Å²) in [4.78, 5) is 12.2. The SMILES string of the molecule is Cc1c(Cl)cccc1NC(=O)[C@@H](C)Sc1nnc(C)n1N. The van der Waals surface area contributed by atoms with E-state index in [1.54, 1.807) is 26.0 Å². The summed E-state index contributed by atoms with van der Waals surface area (Å²) in [7, 11) is 0. The number of hydrogen-bond acceptors (Lipinski definition) is 5. The molecule has 3 N–H and O–H groups in total. The van der Waals surface area contributed by atoms with Crippen molar-refractivity contribution >= 4 is 35.0 Å². The number of rotatable bonds is 4. The largest absolute Gasteiger partial charge is 0.336 e. The molecule has 6 nitrogen and oxygen atoms in total. The van der Waals surface area contributed by atoms with Crippen LogP contribution in [0, 0.1) is 13.8 Å². The molecule has 0 saturated heterocycles. The third kappa shape index (κ3) is 3.48. The van der Waals surface area contributed by atoms with Gasteiger partial charge in [0.1, 0.15) is 5.82 Å². The predicted molar refractivity (Wildman–Crippen MR) is 85.0 cm³/mol. The van der Waals surface area contributed by atoms with E-state index in [0.29, 0.717) is 21.7 Å². The first-order valence-electron chi connectivity index (χ1n) is 6.30. The highest BCUT2D eigenvalue weighted by Gasteiger charge is 2.19. The lowest BCUT2D eigenvalue weighted by Gasteiger charge is -2.13. The van der Waals surface area contributed by atoms with Crippen LogP contribution in [0.3, 0.4) is 0 Å². The van der Waals surface area contributed by atoms with Gasteiger partial charge in [0.2, 0.25) is 11.1 Å². The molecule has 0 aliphatic carbocycles. The van der Waals surface area contributed by atoms with Gasteiger partial charge in [-0.25, -0.2) is 4.68 Å². The average Bonchev–Trinajstić information content (AvgIpc) is 2.75. The first kappa shape index (κ1) is 15.7. The van der Waals surface area contributed by atoms with Gasteiger partial charge < -0.3 is 11.2 Å². The van der Waals surface area contributed by atoms with Crippen LogP contribution in [0.4, 0.5) is 5.69 Å². The molecule has 0 spiro atoms. The van der Waals surface area contributed by atoms with Crippen LogP contribution in [0.5, 0.6) is 0 Å². The number of carbonyl (C=O) groups is 1. The summed E-state index contributed by atoms with van der Waals surface area (Å²) in [5.41, 5.74) is 1.54. The second-order valence-corrected chi connectivity index (χ2v) is 6.28. The Morgan fingerprint density at radius 2 is 2.14 bits per heavy atom. The van der Waals surface area contributed by atoms with Crippen molar-refractivity contribution in [2.75, 3.05) is 11.2 Å². The third-order valence-electron chi connectivity index (χ3n) is 3.01. The molecule has 0 unspecified atom stereocenters. The lowest BCUT2D eigenvalue weighted by Crippen LogP contribution is -2.24. The second kappa shape index (κ2) is 6.36. The Kier molecular flexibility index (Phi) is 4.74. The molecule has 0 bridgehead atoms. The molecule has 1 aromatic heterocycles. The van der Waals surface area contributed by atoms with Crippen LogP contribution in [0.2, 0.25) is 5.02 Å². The number of carbonyl (C=O) groups excluding carboxylic acids is 1. The second-order valence-electron chi connectivity index (χ2n) is 4.56. The highest BCUT2D eigenvalue weighted by Crippen LogP contribution is 2.25. The van der Waals surface area contributed by atoms with Gasteiger partial charge in [-0.2, -0.15) is 0 Å². The Labute approximate surface area is 132 Å². The molecule has 2 aromatic rings. The number of hydrogen-bond donors (Lipinski definition) is 2. The van der Waals surface area contributed by atoms with E-state index in [2.05, 4.69) is 15.5 Å². The van der Waals surface area contributed by atoms with Crippen molar-refractivity contribution in [1.82, 2.24) is 14.9 Å². The first-order valence-corrected chi connectivity index (χ1v) is 7.55. The summed E-state index contributed by atoms with van der Waals surface area (Å²) in [5.74, 6) is 6.22. The van der Waals surface area contributed by atoms with E-state index in [-0.39, 0.29) is 11.2 Å². The van der Waals surface area contributed by atoms with Crippen molar-refractivity contribution in [3.63, 3.8) is 0 Å². The van der Waals surface area contributed by atoms with Crippen LogP contribution in [0.1, 0.15) is 18.3 Å². The molecule has 1 atom stereocenters. The van der Waals surface area contributed by atoms with E-state index in [1.807, 2.05) is 13.0 Å². The standard InChI is InChI=1S/C13H16ClN5OS/c1-7-10(14)5-4-6-11(7)16-12(20)8(2)21-13-18-17-9(3)19(13)15/h4-6,8H,15H2,1-3H3,(H,16,20)/t8-/m1/s1. The lowest BCUT2D eigenvalue weighted by atomic mass is 10.2. The highest BCUT2D eigenvalue weighted by molar-refractivity contribution is 8.00. The molecule has 0 saturated carbocycles. The average molecular weight is 326 g/mol. The van der Waals surface area contributed by atoms with E-state index in [0.717, 1.165) is 5.56 Å². The number of anilines is 1. The molecule has 1 heterocycles. The molecule has 112 valence electrons. The first-order chi connectivity index (χ1) is 9.90. The molecule has 21 heavy (non-hydrogen) atoms. The third-order valence-corrected chi connectivity index (χ3v) is 4.48. The fourth-order valence-electron chi connectivity index (χ4n) is 1.62. The zero-order chi connectivity index (χ0) is 15.6. The van der Waals surface area contributed by atoms with E-state index in [4.69, 9.17) is 17.4 Å². The van der Waals surface area contributed by atoms with Crippen molar-refractivity contribution in [3.05, 3.63) is 34.6 Å². The van der Waals surface area contributed by atoms with Gasteiger partial charge in [-0.15, -0.1) is 10.2 Å². The number of nitrogen functional groups attached to an aromatic ring is 1. The number of nitrogens with two attached hydrogens (primary N) is 1. The van der Waals surface area contributed by atoms with E-state index >= 15 is 0 Å². The predicted octanol–water partition coefficient (Wildman–Crippen LogP) is 2.38. The molecular weight excluding hydrogens is 310 g/mol. The van der Waals surface area contributed by atoms with Crippen molar-refractivity contribution < 1.29 is 4.79 Å². The Hall–Kier alpha value is -1.73. The molecule has 1 amide bonds. The van der Waals surface area contributed by atoms with Gasteiger partial charge in [-0.05, 0) is 38.5 Å². The zero-order valence-corrected chi connectivity index (χ0v) is 13.5. The van der Waals surface area contributed by atoms with Crippen LogP contribution in [0.25, 0.3) is 0 Å². The van der Waals surface area contributed by atoms with Gasteiger partial charge >= 0.3 is 0 Å². The maximum atomic E-state index is 12.2. The Morgan fingerprint density at radius 3 is 2.76 bits per heavy atom. The zero-order valence-electron chi connectivity index (χ0n) is 11.9. The Balaban J connectivity index is 2.06. The summed E-state index contributed by atoms with van der Waals surface area (Å²) in [6, 6.07) is 5.39. The van der Waals surface area contributed by atoms with Crippen LogP contribution < -0.4 is 11.2 Å². The molecule has 0 aliphatic rings. The van der Waals surface area contributed by atoms with Gasteiger partial charge in [0.15, 0.2) is 0 Å². The smallest absolute Gasteiger partial charge is 0.237 e. The molecular formula is C13H16ClN5OS. The van der Waals surface area contributed by atoms with Crippen LogP contribution in [0.15, 0.2) is 23.4 Å². The highest BCUT2D eigenvalue weighted by atomic mass is 35.5. The Bertz CT molecular complexity index is 673. The summed E-state index contributed by atoms with van der Waals surface area (Å²) in [5, 5.41) is 11.4. The minimum absolute atomic E-state index is 0.147. The minimum Gasteiger partial charge on any atom is -0.336 e. The molecule has 2 rings (SSSR count). The number of amides is 1. The van der Waals surface area contributed by atoms with Gasteiger partial charge in [-0.1, -0.05) is 29.4 Å². The number of halogens is 1. The molecule has 0 aliphatic heterocycles. The van der Waals surface area contributed by atoms with Gasteiger partial charge in [0.05, 0.1) is 5.25 Å². The van der Waals surface area contributed by atoms with Crippen LogP contribution in [-0.4, -0.2) is 26.0 Å². The normalized spacial score (nSPS) is 12.2. The number of nitrogens with one attached hydrogen (secondary N) is 1. The molecule has 0 fully saturated rings. The van der Waals surface area contributed by atoms with Gasteiger partial charge in [0, 0.05) is 10.7 Å². The molecule has 0 radical (unpaired) electrons. The van der Waals surface area contributed by atoms with Crippen molar-refractivity contribution in [2.24, 2.45) is 0 Å². The summed E-state index contributed by atoms with van der Waals surface area (Å²) < 4.78 is 1.36. The fraction of sp³-hybridized carbons (Fsp3) is 0.308. The number of aromatic nitrogens is 3. The van der Waals surface area contributed by atoms with E-state index in [1.165, 1.54) is 16.4 Å². The van der Waals surface area contributed by atoms with Gasteiger partial charge in [0.25, 0.3) is 0 Å². The van der Waals surface area contributed by atoms with Crippen LogP contribution >= 0.6 is 23.4 Å². The monoisotopic (exact) mass is 325 g/mol. The van der Waals surface area contributed by atoms with Crippen LogP contribution in [-0.2, 0) is 4.79 Å². The van der Waals surface area contributed by atoms with Gasteiger partial charge in [-0.3, -0.25) is 4.79 Å². The maximum Gasteiger partial charge on any atom is 0.237 e. The number of benzene rings is 1. The van der Waals surface area contributed by atoms with Crippen molar-refractivity contribution in [1.29, 1.82) is 0 Å². The minimum atomic E-state index is -0.366. The van der Waals surface area contributed by atoms with E-state index < -0.39 is 0 Å². The lowest BCUT2D eigenvalue weighted by molar-refractivity contribution is -0.115. The maximum absolute atomic E-state index is 12.2. The fourth-order valence-corrected chi connectivity index (χ4v) is 2.61. The summed E-state index contributed by atoms with van der Waals surface area (Å²) in [6.45, 7) is 5.39. The Morgan fingerprint density at radius 1 is 1.43 bits per heavy atom. The number of nitrogens with zero attached hydrogens (tertiary/aromatic N) is 3. The number of aryl methyl sites for hydroxylation is 1. The summed E-state index contributed by atoms with van der Waals surface area (Å²) >= 11 is 7.28. The number of thioether (sulfide) groups is 1. The van der Waals surface area contributed by atoms with E-state index in [9.17, 15) is 4.79 Å². The van der Waals surface area contributed by atoms with Crippen molar-refractivity contribution in [3.8, 4) is 0 Å². The summed E-state index contributed by atoms with van der Waals surface area (Å²) in [6.07, 6.45) is 0. The molecule has 8 heteroatoms.